The molecule has 4 saturated heterocycles. The SMILES string of the molecule is c1ccc(-c2ccnc(N3CCN([C@@H]4CN5CCC4CC5)CC3)n2)nc1. The van der Waals surface area contributed by atoms with Crippen molar-refractivity contribution in [3.63, 3.8) is 0 Å². The van der Waals surface area contributed by atoms with Gasteiger partial charge in [-0.25, -0.2) is 9.97 Å². The lowest BCUT2D eigenvalue weighted by molar-refractivity contribution is 0.00301. The first-order chi connectivity index (χ1) is 12.9. The lowest BCUT2D eigenvalue weighted by atomic mass is 9.83. The topological polar surface area (TPSA) is 48.4 Å². The van der Waals surface area contributed by atoms with E-state index in [1.165, 1.54) is 32.5 Å². The van der Waals surface area contributed by atoms with Crippen molar-refractivity contribution < 1.29 is 0 Å². The third-order valence-electron chi connectivity index (χ3n) is 6.26. The molecule has 6 heterocycles. The number of piperidine rings is 3. The fourth-order valence-electron chi connectivity index (χ4n) is 4.76. The summed E-state index contributed by atoms with van der Waals surface area (Å²) in [7, 11) is 0. The van der Waals surface area contributed by atoms with E-state index in [4.69, 9.17) is 4.98 Å². The van der Waals surface area contributed by atoms with E-state index in [0.29, 0.717) is 0 Å². The van der Waals surface area contributed by atoms with Crippen LogP contribution < -0.4 is 4.90 Å². The Bertz CT molecular complexity index is 735. The molecule has 0 saturated carbocycles. The van der Waals surface area contributed by atoms with Gasteiger partial charge in [-0.2, -0.15) is 0 Å². The number of piperazine rings is 1. The molecule has 4 aliphatic heterocycles. The van der Waals surface area contributed by atoms with Gasteiger partial charge in [-0.15, -0.1) is 0 Å². The minimum Gasteiger partial charge on any atom is -0.338 e. The summed E-state index contributed by atoms with van der Waals surface area (Å²) in [5.41, 5.74) is 1.80. The van der Waals surface area contributed by atoms with Gasteiger partial charge in [0.05, 0.1) is 11.4 Å². The monoisotopic (exact) mass is 350 g/mol. The van der Waals surface area contributed by atoms with Crippen molar-refractivity contribution in [2.75, 3.05) is 50.7 Å². The van der Waals surface area contributed by atoms with Crippen molar-refractivity contribution in [1.82, 2.24) is 24.8 Å². The highest BCUT2D eigenvalue weighted by molar-refractivity contribution is 5.55. The predicted octanol–water partition coefficient (Wildman–Crippen LogP) is 1.75. The van der Waals surface area contributed by atoms with Gasteiger partial charge in [0.1, 0.15) is 0 Å². The lowest BCUT2D eigenvalue weighted by Gasteiger charge is -2.51. The Morgan fingerprint density at radius 3 is 2.35 bits per heavy atom. The van der Waals surface area contributed by atoms with E-state index in [9.17, 15) is 0 Å². The standard InChI is InChI=1S/C20H26N6/c1-2-7-21-17(3-1)18-4-8-22-20(23-18)26-13-11-25(12-14-26)19-15-24-9-5-16(19)6-10-24/h1-4,7-8,16,19H,5-6,9-15H2/t19-/m1/s1. The van der Waals surface area contributed by atoms with Crippen LogP contribution >= 0.6 is 0 Å². The van der Waals surface area contributed by atoms with Crippen molar-refractivity contribution in [2.24, 2.45) is 5.92 Å². The molecule has 6 rings (SSSR count). The van der Waals surface area contributed by atoms with Gasteiger partial charge in [0.2, 0.25) is 5.95 Å². The minimum atomic E-state index is 0.764. The lowest BCUT2D eigenvalue weighted by Crippen LogP contribution is -2.61. The van der Waals surface area contributed by atoms with E-state index in [0.717, 1.165) is 55.5 Å². The number of anilines is 1. The molecule has 26 heavy (non-hydrogen) atoms. The van der Waals surface area contributed by atoms with Gasteiger partial charge >= 0.3 is 0 Å². The molecule has 0 aromatic carbocycles. The van der Waals surface area contributed by atoms with E-state index in [1.54, 1.807) is 0 Å². The summed E-state index contributed by atoms with van der Waals surface area (Å²) >= 11 is 0. The van der Waals surface area contributed by atoms with Crippen LogP contribution in [0.1, 0.15) is 12.8 Å². The zero-order valence-electron chi connectivity index (χ0n) is 15.2. The highest BCUT2D eigenvalue weighted by Gasteiger charge is 2.38. The molecule has 0 amide bonds. The molecule has 2 aromatic rings. The summed E-state index contributed by atoms with van der Waals surface area (Å²) < 4.78 is 0. The fourth-order valence-corrected chi connectivity index (χ4v) is 4.76. The first kappa shape index (κ1) is 16.1. The van der Waals surface area contributed by atoms with Crippen LogP contribution in [0.25, 0.3) is 11.4 Å². The summed E-state index contributed by atoms with van der Waals surface area (Å²) in [6, 6.07) is 8.63. The minimum absolute atomic E-state index is 0.764. The first-order valence-electron chi connectivity index (χ1n) is 9.82. The van der Waals surface area contributed by atoms with Gasteiger partial charge < -0.3 is 9.80 Å². The number of hydrogen-bond acceptors (Lipinski definition) is 6. The Kier molecular flexibility index (Phi) is 4.30. The van der Waals surface area contributed by atoms with Crippen molar-refractivity contribution in [3.05, 3.63) is 36.7 Å². The summed E-state index contributed by atoms with van der Waals surface area (Å²) in [5.74, 6) is 1.75. The molecular weight excluding hydrogens is 324 g/mol. The molecule has 1 atom stereocenters. The quantitative estimate of drug-likeness (QED) is 0.841. The Morgan fingerprint density at radius 2 is 1.65 bits per heavy atom. The Labute approximate surface area is 154 Å². The summed E-state index contributed by atoms with van der Waals surface area (Å²) in [6.07, 6.45) is 6.44. The largest absolute Gasteiger partial charge is 0.338 e. The van der Waals surface area contributed by atoms with Crippen molar-refractivity contribution in [3.8, 4) is 11.4 Å². The highest BCUT2D eigenvalue weighted by atomic mass is 15.3. The predicted molar refractivity (Wildman–Crippen MR) is 102 cm³/mol. The van der Waals surface area contributed by atoms with Crippen LogP contribution in [0, 0.1) is 5.92 Å². The second-order valence-corrected chi connectivity index (χ2v) is 7.69. The van der Waals surface area contributed by atoms with Gasteiger partial charge in [0.15, 0.2) is 0 Å². The van der Waals surface area contributed by atoms with Crippen LogP contribution in [0.15, 0.2) is 36.7 Å². The van der Waals surface area contributed by atoms with Crippen LogP contribution in [0.5, 0.6) is 0 Å². The highest BCUT2D eigenvalue weighted by Crippen LogP contribution is 2.31. The van der Waals surface area contributed by atoms with Crippen molar-refractivity contribution in [2.45, 2.75) is 18.9 Å². The molecule has 0 N–H and O–H groups in total. The maximum Gasteiger partial charge on any atom is 0.225 e. The van der Waals surface area contributed by atoms with Gasteiger partial charge in [0, 0.05) is 51.2 Å². The molecule has 2 bridgehead atoms. The van der Waals surface area contributed by atoms with Crippen LogP contribution in [0.3, 0.4) is 0 Å². The molecule has 4 aliphatic rings. The van der Waals surface area contributed by atoms with E-state index in [-0.39, 0.29) is 0 Å². The summed E-state index contributed by atoms with van der Waals surface area (Å²) in [4.78, 5) is 21.4. The second kappa shape index (κ2) is 6.93. The fraction of sp³-hybridized carbons (Fsp3) is 0.550. The number of nitrogens with zero attached hydrogens (tertiary/aromatic N) is 6. The van der Waals surface area contributed by atoms with Crippen molar-refractivity contribution >= 4 is 5.95 Å². The molecule has 0 spiro atoms. The Morgan fingerprint density at radius 1 is 0.808 bits per heavy atom. The van der Waals surface area contributed by atoms with Gasteiger partial charge in [-0.05, 0) is 50.0 Å². The van der Waals surface area contributed by atoms with Crippen LogP contribution in [0.4, 0.5) is 5.95 Å². The van der Waals surface area contributed by atoms with E-state index in [2.05, 4.69) is 24.7 Å². The first-order valence-corrected chi connectivity index (χ1v) is 9.82. The molecule has 6 heteroatoms. The average molecular weight is 350 g/mol. The van der Waals surface area contributed by atoms with Crippen LogP contribution in [-0.2, 0) is 0 Å². The van der Waals surface area contributed by atoms with Gasteiger partial charge in [-0.1, -0.05) is 6.07 Å². The van der Waals surface area contributed by atoms with Gasteiger partial charge in [0.25, 0.3) is 0 Å². The third kappa shape index (κ3) is 3.08. The van der Waals surface area contributed by atoms with Crippen LogP contribution in [-0.4, -0.2) is 76.6 Å². The molecule has 2 aromatic heterocycles. The van der Waals surface area contributed by atoms with Crippen LogP contribution in [0.2, 0.25) is 0 Å². The Hall–Kier alpha value is -2.05. The second-order valence-electron chi connectivity index (χ2n) is 7.69. The smallest absolute Gasteiger partial charge is 0.225 e. The number of rotatable bonds is 3. The van der Waals surface area contributed by atoms with E-state index >= 15 is 0 Å². The molecule has 0 unspecified atom stereocenters. The average Bonchev–Trinajstić information content (AvgIpc) is 2.75. The van der Waals surface area contributed by atoms with E-state index in [1.807, 2.05) is 36.7 Å². The molecule has 0 radical (unpaired) electrons. The summed E-state index contributed by atoms with van der Waals surface area (Å²) in [6.45, 7) is 8.16. The van der Waals surface area contributed by atoms with E-state index < -0.39 is 0 Å². The zero-order valence-corrected chi connectivity index (χ0v) is 15.2. The molecule has 4 fully saturated rings. The molecule has 6 nitrogen and oxygen atoms in total. The molecular formula is C20H26N6. The number of fused-ring (bicyclic) bond motifs is 3. The number of pyridine rings is 1. The summed E-state index contributed by atoms with van der Waals surface area (Å²) in [5, 5.41) is 0. The Balaban J connectivity index is 1.26. The third-order valence-corrected chi connectivity index (χ3v) is 6.26. The van der Waals surface area contributed by atoms with Gasteiger partial charge in [-0.3, -0.25) is 9.88 Å². The number of aromatic nitrogens is 3. The van der Waals surface area contributed by atoms with Crippen molar-refractivity contribution in [1.29, 1.82) is 0 Å². The normalized spacial score (nSPS) is 29.1. The zero-order chi connectivity index (χ0) is 17.3. The number of hydrogen-bond donors (Lipinski definition) is 0. The maximum atomic E-state index is 4.77. The molecule has 0 aliphatic carbocycles. The maximum absolute atomic E-state index is 4.77. The molecule has 136 valence electrons.